The van der Waals surface area contributed by atoms with Crippen LogP contribution in [0, 0.1) is 0 Å². The third kappa shape index (κ3) is 3.67. The van der Waals surface area contributed by atoms with Gasteiger partial charge in [-0.1, -0.05) is 24.3 Å². The van der Waals surface area contributed by atoms with Gasteiger partial charge < -0.3 is 30.1 Å². The normalized spacial score (nSPS) is 22.0. The lowest BCUT2D eigenvalue weighted by atomic mass is 9.89. The summed E-state index contributed by atoms with van der Waals surface area (Å²) in [6.45, 7) is 3.17. The molecule has 2 unspecified atom stereocenters. The first-order valence-corrected chi connectivity index (χ1v) is 13.6. The number of nitrogens with zero attached hydrogens (tertiary/aromatic N) is 2. The Labute approximate surface area is 220 Å². The first-order chi connectivity index (χ1) is 18.8. The van der Waals surface area contributed by atoms with E-state index in [1.54, 1.807) is 0 Å². The van der Waals surface area contributed by atoms with Crippen LogP contribution in [0.1, 0.15) is 60.5 Å². The van der Waals surface area contributed by atoms with E-state index in [0.29, 0.717) is 25.3 Å². The molecule has 0 spiro atoms. The second kappa shape index (κ2) is 8.85. The molecule has 0 amide bonds. The quantitative estimate of drug-likeness (QED) is 0.311. The Bertz CT molecular complexity index is 1440. The number of imidazole rings is 2. The number of fused-ring (bicyclic) bond motifs is 4. The van der Waals surface area contributed by atoms with Crippen molar-refractivity contribution in [3.05, 3.63) is 71.6 Å². The predicted octanol–water partition coefficient (Wildman–Crippen LogP) is 5.01. The van der Waals surface area contributed by atoms with Crippen LogP contribution >= 0.6 is 0 Å². The van der Waals surface area contributed by atoms with Crippen LogP contribution in [-0.4, -0.2) is 46.2 Å². The molecule has 4 aromatic rings. The molecule has 2 saturated heterocycles. The number of aromatic amines is 2. The highest BCUT2D eigenvalue weighted by molar-refractivity contribution is 5.98. The lowest BCUT2D eigenvalue weighted by Crippen LogP contribution is -2.19. The lowest BCUT2D eigenvalue weighted by molar-refractivity contribution is 0.337. The van der Waals surface area contributed by atoms with Crippen LogP contribution in [0.15, 0.2) is 48.8 Å². The molecular formula is C30H30N6O2. The van der Waals surface area contributed by atoms with E-state index in [4.69, 9.17) is 9.47 Å². The van der Waals surface area contributed by atoms with Gasteiger partial charge in [-0.25, -0.2) is 9.97 Å². The Morgan fingerprint density at radius 1 is 0.658 bits per heavy atom. The Kier molecular flexibility index (Phi) is 5.16. The monoisotopic (exact) mass is 506 g/mol. The van der Waals surface area contributed by atoms with E-state index in [0.717, 1.165) is 82.7 Å². The van der Waals surface area contributed by atoms with Gasteiger partial charge in [-0.15, -0.1) is 0 Å². The number of ether oxygens (including phenoxy) is 2. The van der Waals surface area contributed by atoms with Crippen molar-refractivity contribution in [3.8, 4) is 34.0 Å². The van der Waals surface area contributed by atoms with Gasteiger partial charge in [0.2, 0.25) is 0 Å². The minimum absolute atomic E-state index is 0.324. The fourth-order valence-electron chi connectivity index (χ4n) is 6.23. The van der Waals surface area contributed by atoms with Crippen LogP contribution in [0.5, 0.6) is 11.5 Å². The number of hydrogen-bond acceptors (Lipinski definition) is 6. The van der Waals surface area contributed by atoms with E-state index in [9.17, 15) is 0 Å². The fraction of sp³-hybridized carbons (Fsp3) is 0.333. The molecule has 8 rings (SSSR count). The molecule has 2 aromatic heterocycles. The van der Waals surface area contributed by atoms with Crippen molar-refractivity contribution in [1.82, 2.24) is 30.6 Å². The summed E-state index contributed by atoms with van der Waals surface area (Å²) in [5, 5.41) is 7.01. The van der Waals surface area contributed by atoms with Crippen molar-refractivity contribution in [2.45, 2.75) is 37.8 Å². The summed E-state index contributed by atoms with van der Waals surface area (Å²) in [4.78, 5) is 16.3. The van der Waals surface area contributed by atoms with Gasteiger partial charge in [0.05, 0.1) is 35.9 Å². The standard InChI is InChI=1S/C30H30N6O2/c1-3-23(31-9-1)29-33-13-25(35-29)17-5-7-19-21-16-38-28-12-18(6-8-20(28)22(21)15-37-27(19)11-17)26-14-34-30(36-26)24-4-2-10-32-24/h5-8,11-14,23-24,31-32H,1-4,9-10,15-16H2,(H,33,35)(H,34,36). The van der Waals surface area contributed by atoms with Gasteiger partial charge in [0.25, 0.3) is 0 Å². The summed E-state index contributed by atoms with van der Waals surface area (Å²) in [6, 6.07) is 13.5. The molecule has 38 heavy (non-hydrogen) atoms. The second-order valence-electron chi connectivity index (χ2n) is 10.6. The molecule has 4 N–H and O–H groups in total. The van der Waals surface area contributed by atoms with Crippen molar-refractivity contribution in [3.63, 3.8) is 0 Å². The number of benzene rings is 2. The Morgan fingerprint density at radius 2 is 1.16 bits per heavy atom. The zero-order valence-corrected chi connectivity index (χ0v) is 21.1. The Morgan fingerprint density at radius 3 is 1.61 bits per heavy atom. The van der Waals surface area contributed by atoms with Gasteiger partial charge in [0.1, 0.15) is 36.4 Å². The van der Waals surface area contributed by atoms with Crippen LogP contribution < -0.4 is 20.1 Å². The van der Waals surface area contributed by atoms with E-state index >= 15 is 0 Å². The summed E-state index contributed by atoms with van der Waals surface area (Å²) >= 11 is 0. The minimum Gasteiger partial charge on any atom is -0.488 e. The largest absolute Gasteiger partial charge is 0.488 e. The molecule has 2 atom stereocenters. The maximum atomic E-state index is 6.31. The van der Waals surface area contributed by atoms with Gasteiger partial charge in [-0.3, -0.25) is 0 Å². The molecule has 0 bridgehead atoms. The van der Waals surface area contributed by atoms with E-state index in [1.165, 1.54) is 24.0 Å². The van der Waals surface area contributed by atoms with Crippen molar-refractivity contribution in [2.75, 3.05) is 26.3 Å². The van der Waals surface area contributed by atoms with E-state index in [-0.39, 0.29) is 0 Å². The van der Waals surface area contributed by atoms with Gasteiger partial charge in [0, 0.05) is 33.4 Å². The van der Waals surface area contributed by atoms with E-state index in [2.05, 4.69) is 67.0 Å². The molecule has 4 aliphatic rings. The first kappa shape index (κ1) is 22.1. The molecule has 8 nitrogen and oxygen atoms in total. The number of aromatic nitrogens is 4. The number of rotatable bonds is 4. The topological polar surface area (TPSA) is 99.9 Å². The van der Waals surface area contributed by atoms with Crippen molar-refractivity contribution in [1.29, 1.82) is 0 Å². The molecule has 192 valence electrons. The van der Waals surface area contributed by atoms with E-state index < -0.39 is 0 Å². The lowest BCUT2D eigenvalue weighted by Gasteiger charge is -2.30. The predicted molar refractivity (Wildman–Crippen MR) is 146 cm³/mol. The van der Waals surface area contributed by atoms with Crippen molar-refractivity contribution in [2.24, 2.45) is 0 Å². The molecule has 6 heterocycles. The molecular weight excluding hydrogens is 476 g/mol. The highest BCUT2D eigenvalue weighted by Gasteiger charge is 2.29. The van der Waals surface area contributed by atoms with Crippen LogP contribution in [0.4, 0.5) is 0 Å². The highest BCUT2D eigenvalue weighted by atomic mass is 16.5. The average molecular weight is 507 g/mol. The maximum Gasteiger partial charge on any atom is 0.128 e. The highest BCUT2D eigenvalue weighted by Crippen LogP contribution is 2.45. The third-order valence-corrected chi connectivity index (χ3v) is 8.32. The smallest absolute Gasteiger partial charge is 0.128 e. The van der Waals surface area contributed by atoms with Crippen LogP contribution in [-0.2, 0) is 0 Å². The van der Waals surface area contributed by atoms with Gasteiger partial charge >= 0.3 is 0 Å². The summed E-state index contributed by atoms with van der Waals surface area (Å²) < 4.78 is 12.6. The zero-order valence-electron chi connectivity index (χ0n) is 21.1. The molecule has 0 radical (unpaired) electrons. The van der Waals surface area contributed by atoms with Crippen LogP contribution in [0.2, 0.25) is 0 Å². The second-order valence-corrected chi connectivity index (χ2v) is 10.6. The number of hydrogen-bond donors (Lipinski definition) is 4. The van der Waals surface area contributed by atoms with E-state index in [1.807, 2.05) is 12.4 Å². The molecule has 0 aliphatic carbocycles. The van der Waals surface area contributed by atoms with Crippen LogP contribution in [0.3, 0.4) is 0 Å². The molecule has 0 saturated carbocycles. The summed E-state index contributed by atoms with van der Waals surface area (Å²) in [5.74, 6) is 3.81. The fourth-order valence-corrected chi connectivity index (χ4v) is 6.23. The number of H-pyrrole nitrogens is 2. The molecule has 2 aromatic carbocycles. The van der Waals surface area contributed by atoms with Crippen molar-refractivity contribution >= 4 is 11.1 Å². The van der Waals surface area contributed by atoms with Gasteiger partial charge in [-0.2, -0.15) is 0 Å². The minimum atomic E-state index is 0.324. The zero-order chi connectivity index (χ0) is 25.1. The summed E-state index contributed by atoms with van der Waals surface area (Å²) in [7, 11) is 0. The Balaban J connectivity index is 1.07. The number of nitrogens with one attached hydrogen (secondary N) is 4. The van der Waals surface area contributed by atoms with Gasteiger partial charge in [0.15, 0.2) is 0 Å². The average Bonchev–Trinajstić information content (AvgIpc) is 3.78. The molecule has 2 fully saturated rings. The maximum absolute atomic E-state index is 6.31. The summed E-state index contributed by atoms with van der Waals surface area (Å²) in [6.07, 6.45) is 8.49. The first-order valence-electron chi connectivity index (χ1n) is 13.6. The molecule has 4 aliphatic heterocycles. The van der Waals surface area contributed by atoms with Crippen LogP contribution in [0.25, 0.3) is 33.7 Å². The summed E-state index contributed by atoms with van der Waals surface area (Å²) in [5.41, 5.74) is 8.81. The SMILES string of the molecule is c1cc2c(cc1-c1cnc(C3CCCN3)[nH]1)OCC1=C2COc2cc(-c3cnc(C4CCCN4)[nH]3)ccc21. The van der Waals surface area contributed by atoms with Gasteiger partial charge in [-0.05, 0) is 50.9 Å². The molecule has 8 heteroatoms. The van der Waals surface area contributed by atoms with Crippen molar-refractivity contribution < 1.29 is 9.47 Å². The third-order valence-electron chi connectivity index (χ3n) is 8.32. The Hall–Kier alpha value is -3.88.